The molecule has 0 radical (unpaired) electrons. The zero-order valence-corrected chi connectivity index (χ0v) is 14.6. The zero-order valence-electron chi connectivity index (χ0n) is 10.4. The summed E-state index contributed by atoms with van der Waals surface area (Å²) in [5, 5.41) is 8.45. The first kappa shape index (κ1) is 21.0. The quantitative estimate of drug-likeness (QED) is 0.639. The average molecular weight is 443 g/mol. The number of rotatable bonds is 5. The number of carbonyl (C=O) groups excluding carboxylic acids is 1. The molecule has 1 unspecified atom stereocenters. The maximum absolute atomic E-state index is 9.62. The van der Waals surface area contributed by atoms with Crippen LogP contribution in [-0.4, -0.2) is 23.5 Å². The molecule has 0 rings (SSSR count). The maximum Gasteiger partial charge on any atom is 0.120 e. The Kier molecular flexibility index (Phi) is 17.8. The molecule has 92 valence electrons. The summed E-state index contributed by atoms with van der Waals surface area (Å²) in [5.41, 5.74) is 5.51. The van der Waals surface area contributed by atoms with Gasteiger partial charge in [0.2, 0.25) is 0 Å². The van der Waals surface area contributed by atoms with Crippen LogP contribution in [0.3, 0.4) is 0 Å². The van der Waals surface area contributed by atoms with Crippen molar-refractivity contribution in [2.75, 3.05) is 6.61 Å². The van der Waals surface area contributed by atoms with Crippen molar-refractivity contribution in [3.05, 3.63) is 0 Å². The van der Waals surface area contributed by atoms with Gasteiger partial charge in [-0.05, 0) is 25.7 Å². The van der Waals surface area contributed by atoms with Crippen LogP contribution in [0.5, 0.6) is 0 Å². The third-order valence-corrected chi connectivity index (χ3v) is 2.06. The molecule has 4 heteroatoms. The number of carbonyl (C=O) groups is 1. The Hall–Kier alpha value is 0.642. The molecule has 3 nitrogen and oxygen atoms in total. The van der Waals surface area contributed by atoms with Gasteiger partial charge in [0, 0.05) is 51.1 Å². The Morgan fingerprint density at radius 3 is 2.07 bits per heavy atom. The van der Waals surface area contributed by atoms with Gasteiger partial charge in [0.25, 0.3) is 0 Å². The molecule has 0 fully saturated rings. The zero-order chi connectivity index (χ0) is 11.6. The van der Waals surface area contributed by atoms with Gasteiger partial charge >= 0.3 is 0 Å². The molecule has 0 saturated carbocycles. The molecule has 0 aromatic heterocycles. The summed E-state index contributed by atoms with van der Waals surface area (Å²) in [7, 11) is 0. The van der Waals surface area contributed by atoms with E-state index in [9.17, 15) is 4.79 Å². The molecule has 0 aliphatic rings. The van der Waals surface area contributed by atoms with Crippen LogP contribution in [0.15, 0.2) is 0 Å². The Bertz CT molecular complexity index is 144. The van der Waals surface area contributed by atoms with Gasteiger partial charge in [0.1, 0.15) is 6.29 Å². The van der Waals surface area contributed by atoms with Crippen molar-refractivity contribution >= 4 is 6.29 Å². The van der Waals surface area contributed by atoms with E-state index in [1.807, 2.05) is 27.7 Å². The summed E-state index contributed by atoms with van der Waals surface area (Å²) in [4.78, 5) is 9.62. The third-order valence-electron chi connectivity index (χ3n) is 2.06. The standard InChI is InChI=1S/C6H15NO.C5H10O.U.H2/c1-3-6(2,7)4-5-8;1-5(2)3-4-6;;/h8H,3-5,7H2,1-2H3;4-5H,3H2,1-2H3;;1H. The third kappa shape index (κ3) is 20.7. The fourth-order valence-electron chi connectivity index (χ4n) is 0.625. The normalized spacial score (nSPS) is 13.3. The minimum absolute atomic E-state index is 0. The molecule has 0 aromatic carbocycles. The van der Waals surface area contributed by atoms with Crippen LogP contribution in [0, 0.1) is 37.0 Å². The van der Waals surface area contributed by atoms with Gasteiger partial charge in [0.05, 0.1) is 0 Å². The second-order valence-corrected chi connectivity index (χ2v) is 4.28. The molecular formula is C11H27NO2U. The van der Waals surface area contributed by atoms with Crippen LogP contribution in [0.2, 0.25) is 0 Å². The molecule has 0 spiro atoms. The number of nitrogens with two attached hydrogens (primary N) is 1. The largest absolute Gasteiger partial charge is 0.396 e. The molecule has 1 atom stereocenters. The Labute approximate surface area is 119 Å². The monoisotopic (exact) mass is 443 g/mol. The smallest absolute Gasteiger partial charge is 0.120 e. The van der Waals surface area contributed by atoms with Crippen molar-refractivity contribution in [3.8, 4) is 0 Å². The van der Waals surface area contributed by atoms with Crippen LogP contribution in [0.25, 0.3) is 0 Å². The van der Waals surface area contributed by atoms with Crippen molar-refractivity contribution in [2.45, 2.75) is 52.5 Å². The van der Waals surface area contributed by atoms with Gasteiger partial charge in [-0.25, -0.2) is 0 Å². The Morgan fingerprint density at radius 1 is 1.53 bits per heavy atom. The summed E-state index contributed by atoms with van der Waals surface area (Å²) < 4.78 is 0. The van der Waals surface area contributed by atoms with E-state index in [2.05, 4.69) is 0 Å². The van der Waals surface area contributed by atoms with Crippen LogP contribution in [0.1, 0.15) is 48.4 Å². The molecule has 0 amide bonds. The topological polar surface area (TPSA) is 63.3 Å². The van der Waals surface area contributed by atoms with E-state index in [0.29, 0.717) is 18.8 Å². The van der Waals surface area contributed by atoms with Crippen molar-refractivity contribution in [1.29, 1.82) is 0 Å². The molecule has 0 aliphatic heterocycles. The van der Waals surface area contributed by atoms with Gasteiger partial charge in [-0.1, -0.05) is 20.8 Å². The molecule has 0 heterocycles. The summed E-state index contributed by atoms with van der Waals surface area (Å²) in [6.07, 6.45) is 3.27. The first-order chi connectivity index (χ1) is 6.39. The Balaban J connectivity index is -0.0000000825. The van der Waals surface area contributed by atoms with E-state index in [1.54, 1.807) is 0 Å². The molecular weight excluding hydrogens is 416 g/mol. The number of aldehydes is 1. The maximum atomic E-state index is 9.62. The number of aliphatic hydroxyl groups is 1. The summed E-state index contributed by atoms with van der Waals surface area (Å²) in [5.74, 6) is 0.530. The molecule has 0 saturated heterocycles. The SMILES string of the molecule is CC(C)CC=O.CCC(C)(N)CCO.[HH].[U]. The molecule has 15 heavy (non-hydrogen) atoms. The second-order valence-electron chi connectivity index (χ2n) is 4.28. The second kappa shape index (κ2) is 12.7. The van der Waals surface area contributed by atoms with Gasteiger partial charge in [-0.3, -0.25) is 0 Å². The first-order valence-corrected chi connectivity index (χ1v) is 5.23. The fraction of sp³-hybridized carbons (Fsp3) is 0.909. The Morgan fingerprint density at radius 2 is 2.00 bits per heavy atom. The van der Waals surface area contributed by atoms with Crippen molar-refractivity contribution in [3.63, 3.8) is 0 Å². The van der Waals surface area contributed by atoms with E-state index in [-0.39, 0.29) is 44.7 Å². The molecule has 0 bridgehead atoms. The van der Waals surface area contributed by atoms with Gasteiger partial charge in [-0.15, -0.1) is 0 Å². The summed E-state index contributed by atoms with van der Waals surface area (Å²) in [6, 6.07) is 0. The van der Waals surface area contributed by atoms with Crippen LogP contribution in [-0.2, 0) is 4.79 Å². The molecule has 0 aliphatic carbocycles. The van der Waals surface area contributed by atoms with E-state index in [1.165, 1.54) is 0 Å². The van der Waals surface area contributed by atoms with Gasteiger partial charge in [-0.2, -0.15) is 0 Å². The van der Waals surface area contributed by atoms with Crippen LogP contribution >= 0.6 is 0 Å². The van der Waals surface area contributed by atoms with Crippen molar-refractivity contribution in [1.82, 2.24) is 0 Å². The summed E-state index contributed by atoms with van der Waals surface area (Å²) in [6.45, 7) is 8.21. The van der Waals surface area contributed by atoms with Crippen molar-refractivity contribution < 1.29 is 42.4 Å². The summed E-state index contributed by atoms with van der Waals surface area (Å²) >= 11 is 0. The van der Waals surface area contributed by atoms with E-state index in [4.69, 9.17) is 10.8 Å². The van der Waals surface area contributed by atoms with Gasteiger partial charge in [0.15, 0.2) is 0 Å². The predicted octanol–water partition coefficient (Wildman–Crippen LogP) is 1.97. The first-order valence-electron chi connectivity index (χ1n) is 5.23. The van der Waals surface area contributed by atoms with E-state index in [0.717, 1.165) is 12.7 Å². The average Bonchev–Trinajstić information content (AvgIpc) is 2.05. The van der Waals surface area contributed by atoms with E-state index < -0.39 is 0 Å². The van der Waals surface area contributed by atoms with Crippen molar-refractivity contribution in [2.24, 2.45) is 11.7 Å². The number of aliphatic hydroxyl groups excluding tert-OH is 1. The number of hydrogen-bond acceptors (Lipinski definition) is 3. The minimum atomic E-state index is -0.158. The van der Waals surface area contributed by atoms with Crippen LogP contribution < -0.4 is 5.73 Å². The van der Waals surface area contributed by atoms with Gasteiger partial charge < -0.3 is 15.6 Å². The van der Waals surface area contributed by atoms with Crippen LogP contribution in [0.4, 0.5) is 0 Å². The molecule has 0 aromatic rings. The molecule has 3 N–H and O–H groups in total. The number of hydrogen-bond donors (Lipinski definition) is 2. The minimum Gasteiger partial charge on any atom is -0.396 e. The van der Waals surface area contributed by atoms with E-state index >= 15 is 0 Å². The predicted molar refractivity (Wildman–Crippen MR) is 62.2 cm³/mol. The fourth-order valence-corrected chi connectivity index (χ4v) is 0.625.